The zero-order chi connectivity index (χ0) is 37.0. The highest BCUT2D eigenvalue weighted by molar-refractivity contribution is 6.18. The highest BCUT2D eigenvalue weighted by Crippen LogP contribution is 2.45. The summed E-state index contributed by atoms with van der Waals surface area (Å²) in [4.78, 5) is 14.6. The molecule has 4 heterocycles. The molecule has 0 aliphatic heterocycles. The topological polar surface area (TPSA) is 65.0 Å². The lowest BCUT2D eigenvalue weighted by molar-refractivity contribution is 0.665. The second-order valence-corrected chi connectivity index (χ2v) is 13.9. The second kappa shape index (κ2) is 13.0. The summed E-state index contributed by atoms with van der Waals surface area (Å²) in [6.07, 6.45) is 3.65. The minimum Gasteiger partial charge on any atom is -0.455 e. The number of fused-ring (bicyclic) bond motifs is 6. The van der Waals surface area contributed by atoms with Gasteiger partial charge in [-0.25, -0.2) is 9.97 Å². The average Bonchev–Trinajstić information content (AvgIpc) is 3.86. The number of nitrogens with zero attached hydrogens (tertiary/aromatic N) is 3. The first kappa shape index (κ1) is 31.9. The number of pyridine rings is 1. The molecule has 0 N–H and O–H groups in total. The molecule has 262 valence electrons. The van der Waals surface area contributed by atoms with Crippen molar-refractivity contribution in [2.45, 2.75) is 0 Å². The fourth-order valence-corrected chi connectivity index (χ4v) is 8.00. The number of hydrogen-bond acceptors (Lipinski definition) is 5. The van der Waals surface area contributed by atoms with Crippen molar-refractivity contribution in [2.75, 3.05) is 0 Å². The van der Waals surface area contributed by atoms with E-state index in [-0.39, 0.29) is 0 Å². The smallest absolute Gasteiger partial charge is 0.160 e. The van der Waals surface area contributed by atoms with Gasteiger partial charge in [0.25, 0.3) is 0 Å². The van der Waals surface area contributed by atoms with Gasteiger partial charge in [-0.15, -0.1) is 0 Å². The monoisotopic (exact) mass is 717 g/mol. The van der Waals surface area contributed by atoms with Gasteiger partial charge in [0, 0.05) is 61.8 Å². The first-order valence-electron chi connectivity index (χ1n) is 18.7. The van der Waals surface area contributed by atoms with Crippen LogP contribution in [0.2, 0.25) is 0 Å². The largest absolute Gasteiger partial charge is 0.455 e. The quantitative estimate of drug-likeness (QED) is 0.171. The van der Waals surface area contributed by atoms with E-state index in [1.807, 2.05) is 67.0 Å². The summed E-state index contributed by atoms with van der Waals surface area (Å²) in [6, 6.07) is 60.5. The molecule has 0 radical (unpaired) electrons. The summed E-state index contributed by atoms with van der Waals surface area (Å²) in [6.45, 7) is 0. The molecule has 0 bridgehead atoms. The summed E-state index contributed by atoms with van der Waals surface area (Å²) >= 11 is 0. The highest BCUT2D eigenvalue weighted by atomic mass is 16.3. The highest BCUT2D eigenvalue weighted by Gasteiger charge is 2.21. The lowest BCUT2D eigenvalue weighted by Crippen LogP contribution is -1.97. The second-order valence-electron chi connectivity index (χ2n) is 13.9. The first-order valence-corrected chi connectivity index (χ1v) is 18.7. The third-order valence-electron chi connectivity index (χ3n) is 10.7. The third kappa shape index (κ3) is 5.29. The van der Waals surface area contributed by atoms with E-state index in [0.29, 0.717) is 5.82 Å². The van der Waals surface area contributed by atoms with Crippen LogP contribution in [0.15, 0.2) is 197 Å². The number of hydrogen-bond donors (Lipinski definition) is 0. The molecule has 0 fully saturated rings. The van der Waals surface area contributed by atoms with Crippen LogP contribution in [0.3, 0.4) is 0 Å². The lowest BCUT2D eigenvalue weighted by atomic mass is 9.93. The summed E-state index contributed by atoms with van der Waals surface area (Å²) in [5, 5.41) is 4.32. The van der Waals surface area contributed by atoms with Crippen LogP contribution in [-0.4, -0.2) is 15.0 Å². The normalized spacial score (nSPS) is 11.6. The molecular formula is C51H31N3O2. The number of furan rings is 2. The predicted octanol–water partition coefficient (Wildman–Crippen LogP) is 13.7. The average molecular weight is 718 g/mol. The van der Waals surface area contributed by atoms with Gasteiger partial charge in [0.1, 0.15) is 22.3 Å². The van der Waals surface area contributed by atoms with Gasteiger partial charge in [-0.2, -0.15) is 0 Å². The van der Waals surface area contributed by atoms with E-state index in [9.17, 15) is 0 Å². The Bertz CT molecular complexity index is 3240. The molecule has 4 aromatic heterocycles. The Balaban J connectivity index is 1.05. The maximum atomic E-state index is 6.70. The summed E-state index contributed by atoms with van der Waals surface area (Å²) in [5.74, 6) is 0.658. The van der Waals surface area contributed by atoms with E-state index < -0.39 is 0 Å². The molecule has 0 amide bonds. The van der Waals surface area contributed by atoms with E-state index in [1.165, 1.54) is 0 Å². The minimum absolute atomic E-state index is 0.658. The van der Waals surface area contributed by atoms with Crippen molar-refractivity contribution in [1.29, 1.82) is 0 Å². The molecule has 0 saturated heterocycles. The van der Waals surface area contributed by atoms with Crippen molar-refractivity contribution < 1.29 is 8.83 Å². The van der Waals surface area contributed by atoms with Crippen LogP contribution in [0.4, 0.5) is 0 Å². The first-order chi connectivity index (χ1) is 27.8. The predicted molar refractivity (Wildman–Crippen MR) is 227 cm³/mol. The van der Waals surface area contributed by atoms with Crippen LogP contribution < -0.4 is 0 Å². The number of aromatic nitrogens is 3. The Hall–Kier alpha value is -7.63. The standard InChI is InChI=1S/C51H31N3O2/c1-2-11-34(12-3-1)44-31-45(38-14-5-4-13-36(38)33-27-29-52-30-28-33)54-51(53-44)35-23-21-32(22-24-35)37-25-26-42(50-48(37)43-16-7-9-20-47(43)56-50)41-18-10-17-40-39-15-6-8-19-46(39)55-49(40)41/h1-31H. The Morgan fingerprint density at radius 2 is 0.911 bits per heavy atom. The maximum absolute atomic E-state index is 6.70. The summed E-state index contributed by atoms with van der Waals surface area (Å²) < 4.78 is 13.2. The van der Waals surface area contributed by atoms with E-state index in [4.69, 9.17) is 18.8 Å². The van der Waals surface area contributed by atoms with Crippen LogP contribution in [0.1, 0.15) is 0 Å². The fourth-order valence-electron chi connectivity index (χ4n) is 8.00. The van der Waals surface area contributed by atoms with Crippen molar-refractivity contribution in [2.24, 2.45) is 0 Å². The van der Waals surface area contributed by atoms with E-state index in [1.54, 1.807) is 0 Å². The van der Waals surface area contributed by atoms with Crippen molar-refractivity contribution in [3.05, 3.63) is 188 Å². The van der Waals surface area contributed by atoms with Crippen LogP contribution in [0, 0.1) is 0 Å². The molecule has 0 aliphatic carbocycles. The molecule has 7 aromatic carbocycles. The maximum Gasteiger partial charge on any atom is 0.160 e. The van der Waals surface area contributed by atoms with Gasteiger partial charge in [0.15, 0.2) is 5.82 Å². The van der Waals surface area contributed by atoms with E-state index in [2.05, 4.69) is 126 Å². The Kier molecular flexibility index (Phi) is 7.42. The van der Waals surface area contributed by atoms with Crippen molar-refractivity contribution in [1.82, 2.24) is 15.0 Å². The van der Waals surface area contributed by atoms with Crippen molar-refractivity contribution >= 4 is 43.9 Å². The molecule has 11 aromatic rings. The van der Waals surface area contributed by atoms with Gasteiger partial charge >= 0.3 is 0 Å². The zero-order valence-corrected chi connectivity index (χ0v) is 30.1. The van der Waals surface area contributed by atoms with Crippen LogP contribution in [-0.2, 0) is 0 Å². The molecule has 0 saturated carbocycles. The van der Waals surface area contributed by atoms with Crippen LogP contribution in [0.25, 0.3) is 111 Å². The van der Waals surface area contributed by atoms with Gasteiger partial charge < -0.3 is 8.83 Å². The van der Waals surface area contributed by atoms with Crippen molar-refractivity contribution in [3.8, 4) is 67.3 Å². The Morgan fingerprint density at radius 1 is 0.339 bits per heavy atom. The van der Waals surface area contributed by atoms with Gasteiger partial charge in [-0.05, 0) is 58.7 Å². The Labute approximate surface area is 322 Å². The molecule has 11 rings (SSSR count). The molecule has 0 aliphatic rings. The van der Waals surface area contributed by atoms with Gasteiger partial charge in [-0.3, -0.25) is 4.98 Å². The molecule has 0 unspecified atom stereocenters. The van der Waals surface area contributed by atoms with E-state index >= 15 is 0 Å². The SMILES string of the molecule is c1ccc(-c2cc(-c3ccccc3-c3ccncc3)nc(-c3ccc(-c4ccc(-c5cccc6c5oc5ccccc56)c5oc6ccccc6c45)cc3)n2)cc1. The Morgan fingerprint density at radius 3 is 1.73 bits per heavy atom. The molecule has 56 heavy (non-hydrogen) atoms. The molecule has 5 nitrogen and oxygen atoms in total. The lowest BCUT2D eigenvalue weighted by Gasteiger charge is -2.13. The summed E-state index contributed by atoms with van der Waals surface area (Å²) in [7, 11) is 0. The minimum atomic E-state index is 0.658. The van der Waals surface area contributed by atoms with Gasteiger partial charge in [-0.1, -0.05) is 140 Å². The molecule has 5 heteroatoms. The number of para-hydroxylation sites is 3. The van der Waals surface area contributed by atoms with E-state index in [0.717, 1.165) is 105 Å². The summed E-state index contributed by atoms with van der Waals surface area (Å²) in [5.41, 5.74) is 14.4. The van der Waals surface area contributed by atoms with Gasteiger partial charge in [0.05, 0.1) is 11.4 Å². The number of benzene rings is 7. The molecular weight excluding hydrogens is 687 g/mol. The van der Waals surface area contributed by atoms with Crippen molar-refractivity contribution in [3.63, 3.8) is 0 Å². The molecule has 0 atom stereocenters. The molecule has 0 spiro atoms. The van der Waals surface area contributed by atoms with Crippen LogP contribution in [0.5, 0.6) is 0 Å². The third-order valence-corrected chi connectivity index (χ3v) is 10.7. The zero-order valence-electron chi connectivity index (χ0n) is 30.1. The number of rotatable bonds is 6. The van der Waals surface area contributed by atoms with Crippen LogP contribution >= 0.6 is 0 Å². The van der Waals surface area contributed by atoms with Gasteiger partial charge in [0.2, 0.25) is 0 Å². The fraction of sp³-hybridized carbons (Fsp3) is 0.